The first-order valence-electron chi connectivity index (χ1n) is 11.5. The standard InChI is InChI=1S/C28H27N3O4S/c1-17-5-6-19(3)25(13-17)35-12-11-31-27(33)26(36-28(31)34)16-21-15-23(9-10-24(21)32)30-29-22-8-7-18(2)20(4)14-22/h5-10,13-16,32H,11-12H2,1-4H3/b26-16-,30-29?. The minimum absolute atomic E-state index is 0.0230. The average molecular weight is 502 g/mol. The number of benzene rings is 3. The molecule has 184 valence electrons. The van der Waals surface area contributed by atoms with Gasteiger partial charge in [-0.25, -0.2) is 0 Å². The molecule has 1 aliphatic heterocycles. The van der Waals surface area contributed by atoms with E-state index in [1.165, 1.54) is 17.7 Å². The molecule has 4 rings (SSSR count). The zero-order chi connectivity index (χ0) is 25.8. The number of carbonyl (C=O) groups is 2. The summed E-state index contributed by atoms with van der Waals surface area (Å²) in [6.45, 7) is 8.28. The fraction of sp³-hybridized carbons (Fsp3) is 0.214. The quantitative estimate of drug-likeness (QED) is 0.274. The Labute approximate surface area is 214 Å². The van der Waals surface area contributed by atoms with Crippen molar-refractivity contribution in [3.05, 3.63) is 87.3 Å². The number of aromatic hydroxyl groups is 1. The number of phenolic OH excluding ortho intramolecular Hbond substituents is 1. The van der Waals surface area contributed by atoms with Crippen LogP contribution in [0.3, 0.4) is 0 Å². The first-order chi connectivity index (χ1) is 17.2. The van der Waals surface area contributed by atoms with Gasteiger partial charge in [-0.15, -0.1) is 0 Å². The lowest BCUT2D eigenvalue weighted by Crippen LogP contribution is -2.32. The molecule has 1 fully saturated rings. The van der Waals surface area contributed by atoms with Gasteiger partial charge in [-0.2, -0.15) is 10.2 Å². The van der Waals surface area contributed by atoms with E-state index < -0.39 is 5.91 Å². The summed E-state index contributed by atoms with van der Waals surface area (Å²) >= 11 is 0.834. The molecule has 1 N–H and O–H groups in total. The number of imide groups is 1. The van der Waals surface area contributed by atoms with E-state index in [4.69, 9.17) is 4.74 Å². The molecule has 7 nitrogen and oxygen atoms in total. The normalized spacial score (nSPS) is 14.9. The monoisotopic (exact) mass is 501 g/mol. The van der Waals surface area contributed by atoms with E-state index in [0.717, 1.165) is 44.8 Å². The molecule has 3 aromatic rings. The summed E-state index contributed by atoms with van der Waals surface area (Å²) in [6.07, 6.45) is 1.50. The van der Waals surface area contributed by atoms with Crippen LogP contribution in [0.25, 0.3) is 6.08 Å². The molecule has 0 saturated carbocycles. The third-order valence-corrected chi connectivity index (χ3v) is 6.77. The first kappa shape index (κ1) is 25.2. The molecule has 0 bridgehead atoms. The van der Waals surface area contributed by atoms with E-state index in [-0.39, 0.29) is 29.0 Å². The predicted molar refractivity (Wildman–Crippen MR) is 142 cm³/mol. The number of phenols is 1. The molecular weight excluding hydrogens is 474 g/mol. The molecule has 1 saturated heterocycles. The van der Waals surface area contributed by atoms with Crippen LogP contribution in [0, 0.1) is 27.7 Å². The molecule has 2 amide bonds. The fourth-order valence-corrected chi connectivity index (χ4v) is 4.42. The number of carbonyl (C=O) groups excluding carboxylic acids is 2. The van der Waals surface area contributed by atoms with Crippen molar-refractivity contribution in [2.45, 2.75) is 27.7 Å². The van der Waals surface area contributed by atoms with Gasteiger partial charge in [-0.1, -0.05) is 18.2 Å². The lowest BCUT2D eigenvalue weighted by molar-refractivity contribution is -0.123. The molecule has 36 heavy (non-hydrogen) atoms. The lowest BCUT2D eigenvalue weighted by Gasteiger charge is -2.14. The van der Waals surface area contributed by atoms with Crippen LogP contribution in [-0.2, 0) is 4.79 Å². The summed E-state index contributed by atoms with van der Waals surface area (Å²) in [5, 5.41) is 18.5. The second-order valence-corrected chi connectivity index (χ2v) is 9.66. The molecule has 0 aromatic heterocycles. The highest BCUT2D eigenvalue weighted by molar-refractivity contribution is 8.18. The number of rotatable bonds is 7. The largest absolute Gasteiger partial charge is 0.507 e. The van der Waals surface area contributed by atoms with Crippen LogP contribution in [-0.4, -0.2) is 34.3 Å². The number of thioether (sulfide) groups is 1. The summed E-state index contributed by atoms with van der Waals surface area (Å²) < 4.78 is 5.80. The zero-order valence-electron chi connectivity index (χ0n) is 20.6. The number of azo groups is 1. The molecule has 0 radical (unpaired) electrons. The third-order valence-electron chi connectivity index (χ3n) is 5.86. The number of amides is 2. The van der Waals surface area contributed by atoms with Gasteiger partial charge >= 0.3 is 0 Å². The Morgan fingerprint density at radius 3 is 2.33 bits per heavy atom. The van der Waals surface area contributed by atoms with Crippen molar-refractivity contribution >= 4 is 40.4 Å². The van der Waals surface area contributed by atoms with Gasteiger partial charge in [0.05, 0.1) is 22.8 Å². The van der Waals surface area contributed by atoms with Crippen molar-refractivity contribution in [3.8, 4) is 11.5 Å². The molecule has 3 aromatic carbocycles. The van der Waals surface area contributed by atoms with Crippen LogP contribution in [0.5, 0.6) is 11.5 Å². The van der Waals surface area contributed by atoms with Gasteiger partial charge in [0.2, 0.25) is 0 Å². The van der Waals surface area contributed by atoms with Gasteiger partial charge in [-0.05, 0) is 104 Å². The van der Waals surface area contributed by atoms with E-state index >= 15 is 0 Å². The summed E-state index contributed by atoms with van der Waals surface area (Å²) in [5.41, 5.74) is 5.96. The Bertz CT molecular complexity index is 1400. The SMILES string of the molecule is Cc1ccc(C)c(OCCN2C(=O)S/C(=C\c3cc(N=Nc4ccc(C)c(C)c4)ccc3O)C2=O)c1. The second-order valence-electron chi connectivity index (χ2n) is 8.66. The third kappa shape index (κ3) is 5.83. The lowest BCUT2D eigenvalue weighted by atomic mass is 10.1. The number of aryl methyl sites for hydroxylation is 4. The van der Waals surface area contributed by atoms with Crippen molar-refractivity contribution in [1.29, 1.82) is 0 Å². The maximum Gasteiger partial charge on any atom is 0.293 e. The van der Waals surface area contributed by atoms with Crippen molar-refractivity contribution in [1.82, 2.24) is 4.90 Å². The smallest absolute Gasteiger partial charge is 0.293 e. The van der Waals surface area contributed by atoms with Crippen molar-refractivity contribution < 1.29 is 19.4 Å². The summed E-state index contributed by atoms with van der Waals surface area (Å²) in [7, 11) is 0. The van der Waals surface area contributed by atoms with Gasteiger partial charge in [-0.3, -0.25) is 14.5 Å². The molecule has 0 spiro atoms. The highest BCUT2D eigenvalue weighted by Gasteiger charge is 2.35. The minimum atomic E-state index is -0.420. The molecule has 0 atom stereocenters. The Morgan fingerprint density at radius 1 is 0.889 bits per heavy atom. The van der Waals surface area contributed by atoms with Crippen molar-refractivity contribution in [2.24, 2.45) is 10.2 Å². The number of nitrogens with zero attached hydrogens (tertiary/aromatic N) is 3. The topological polar surface area (TPSA) is 91.6 Å². The summed E-state index contributed by atoms with van der Waals surface area (Å²) in [6, 6.07) is 16.4. The van der Waals surface area contributed by atoms with Gasteiger partial charge in [0.1, 0.15) is 18.1 Å². The van der Waals surface area contributed by atoms with E-state index in [1.807, 2.05) is 64.1 Å². The molecule has 0 aliphatic carbocycles. The molecular formula is C28H27N3O4S. The number of hydrogen-bond acceptors (Lipinski definition) is 7. The Hall–Kier alpha value is -3.91. The van der Waals surface area contributed by atoms with Crippen molar-refractivity contribution in [3.63, 3.8) is 0 Å². The van der Waals surface area contributed by atoms with Crippen LogP contribution < -0.4 is 4.74 Å². The van der Waals surface area contributed by atoms with Crippen LogP contribution in [0.15, 0.2) is 69.7 Å². The van der Waals surface area contributed by atoms with E-state index in [9.17, 15) is 14.7 Å². The van der Waals surface area contributed by atoms with Gasteiger partial charge in [0.25, 0.3) is 11.1 Å². The first-order valence-corrected chi connectivity index (χ1v) is 12.3. The maximum atomic E-state index is 12.9. The number of ether oxygens (including phenoxy) is 1. The van der Waals surface area contributed by atoms with E-state index in [2.05, 4.69) is 10.2 Å². The molecule has 8 heteroatoms. The Morgan fingerprint density at radius 2 is 1.58 bits per heavy atom. The highest BCUT2D eigenvalue weighted by atomic mass is 32.2. The summed E-state index contributed by atoms with van der Waals surface area (Å²) in [5.74, 6) is 0.288. The zero-order valence-corrected chi connectivity index (χ0v) is 21.4. The van der Waals surface area contributed by atoms with Gasteiger partial charge < -0.3 is 9.84 Å². The van der Waals surface area contributed by atoms with Crippen LogP contribution in [0.1, 0.15) is 27.8 Å². The van der Waals surface area contributed by atoms with Crippen LogP contribution >= 0.6 is 11.8 Å². The van der Waals surface area contributed by atoms with Crippen LogP contribution in [0.4, 0.5) is 16.2 Å². The van der Waals surface area contributed by atoms with Crippen molar-refractivity contribution in [2.75, 3.05) is 13.2 Å². The maximum absolute atomic E-state index is 12.9. The minimum Gasteiger partial charge on any atom is -0.507 e. The van der Waals surface area contributed by atoms with Gasteiger partial charge in [0.15, 0.2) is 0 Å². The van der Waals surface area contributed by atoms with Gasteiger partial charge in [0, 0.05) is 5.56 Å². The average Bonchev–Trinajstić information content (AvgIpc) is 3.11. The Balaban J connectivity index is 1.46. The fourth-order valence-electron chi connectivity index (χ4n) is 3.57. The van der Waals surface area contributed by atoms with E-state index in [0.29, 0.717) is 11.3 Å². The van der Waals surface area contributed by atoms with Crippen LogP contribution in [0.2, 0.25) is 0 Å². The van der Waals surface area contributed by atoms with E-state index in [1.54, 1.807) is 12.1 Å². The molecule has 1 heterocycles. The second kappa shape index (κ2) is 10.8. The summed E-state index contributed by atoms with van der Waals surface area (Å²) in [4.78, 5) is 26.8. The predicted octanol–water partition coefficient (Wildman–Crippen LogP) is 7.16. The number of hydrogen-bond donors (Lipinski definition) is 1. The Kier molecular flexibility index (Phi) is 7.55. The molecule has 0 unspecified atom stereocenters. The highest BCUT2D eigenvalue weighted by Crippen LogP contribution is 2.35. The molecule has 1 aliphatic rings.